The summed E-state index contributed by atoms with van der Waals surface area (Å²) in [4.78, 5) is 11.2. The molecular weight excluding hydrogens is 376 g/mol. The predicted molar refractivity (Wildman–Crippen MR) is 115 cm³/mol. The predicted octanol–water partition coefficient (Wildman–Crippen LogP) is 5.25. The Bertz CT molecular complexity index is 1260. The fourth-order valence-electron chi connectivity index (χ4n) is 4.46. The summed E-state index contributed by atoms with van der Waals surface area (Å²) in [5.41, 5.74) is 11.0. The van der Waals surface area contributed by atoms with Crippen LogP contribution in [-0.2, 0) is 12.8 Å². The minimum atomic E-state index is -0.906. The molecule has 6 nitrogen and oxygen atoms in total. The summed E-state index contributed by atoms with van der Waals surface area (Å²) in [7, 11) is 0. The molecule has 0 unspecified atom stereocenters. The molecule has 4 aromatic rings. The van der Waals surface area contributed by atoms with Crippen molar-refractivity contribution >= 4 is 22.6 Å². The van der Waals surface area contributed by atoms with E-state index in [0.717, 1.165) is 29.5 Å². The average Bonchev–Trinajstić information content (AvgIpc) is 2.93. The summed E-state index contributed by atoms with van der Waals surface area (Å²) in [5, 5.41) is 19.4. The maximum absolute atomic E-state index is 11.3. The van der Waals surface area contributed by atoms with Crippen molar-refractivity contribution in [3.05, 3.63) is 95.1 Å². The monoisotopic (exact) mass is 396 g/mol. The first kappa shape index (κ1) is 18.1. The number of azo groups is 1. The first-order valence-corrected chi connectivity index (χ1v) is 9.84. The number of hydrogen-bond donors (Lipinski definition) is 2. The van der Waals surface area contributed by atoms with E-state index in [9.17, 15) is 9.90 Å². The van der Waals surface area contributed by atoms with Crippen LogP contribution in [0.5, 0.6) is 5.88 Å². The number of rotatable bonds is 2. The Morgan fingerprint density at radius 1 is 0.900 bits per heavy atom. The number of aromatic nitrogens is 1. The van der Waals surface area contributed by atoms with Crippen LogP contribution in [-0.4, -0.2) is 15.7 Å². The number of aryl methyl sites for hydroxylation is 2. The Morgan fingerprint density at radius 2 is 1.47 bits per heavy atom. The lowest BCUT2D eigenvalue weighted by molar-refractivity contribution is 0.255. The molecular formula is C24H20N4O2. The lowest BCUT2D eigenvalue weighted by atomic mass is 9.94. The summed E-state index contributed by atoms with van der Waals surface area (Å²) in [6, 6.07) is 23.1. The second-order valence-corrected chi connectivity index (χ2v) is 7.40. The number of nitrogens with two attached hydrogens (primary N) is 1. The highest BCUT2D eigenvalue weighted by atomic mass is 16.3. The molecule has 0 radical (unpaired) electrons. The first-order valence-electron chi connectivity index (χ1n) is 9.84. The summed E-state index contributed by atoms with van der Waals surface area (Å²) in [6.07, 6.45) is 1.86. The second-order valence-electron chi connectivity index (χ2n) is 7.40. The van der Waals surface area contributed by atoms with Gasteiger partial charge in [0.05, 0.1) is 11.6 Å². The van der Waals surface area contributed by atoms with Crippen molar-refractivity contribution < 1.29 is 9.90 Å². The maximum atomic E-state index is 11.3. The van der Waals surface area contributed by atoms with Crippen molar-refractivity contribution in [1.29, 1.82) is 0 Å². The Labute approximate surface area is 173 Å². The van der Waals surface area contributed by atoms with Crippen LogP contribution >= 0.6 is 0 Å². The number of hydrogen-bond acceptors (Lipinski definition) is 3. The number of amides is 2. The third-order valence-corrected chi connectivity index (χ3v) is 5.73. The highest BCUT2D eigenvalue weighted by molar-refractivity contribution is 5.95. The van der Waals surface area contributed by atoms with E-state index >= 15 is 0 Å². The maximum Gasteiger partial charge on any atom is 0.356 e. The number of carbonyl (C=O) groups excluding carboxylic acids is 1. The van der Waals surface area contributed by atoms with Gasteiger partial charge < -0.3 is 10.8 Å². The van der Waals surface area contributed by atoms with Crippen LogP contribution in [0.15, 0.2) is 83.0 Å². The second kappa shape index (κ2) is 7.15. The molecule has 5 rings (SSSR count). The number of para-hydroxylation sites is 1. The quantitative estimate of drug-likeness (QED) is 0.453. The van der Waals surface area contributed by atoms with Gasteiger partial charge in [-0.3, -0.25) is 4.57 Å². The molecule has 0 spiro atoms. The van der Waals surface area contributed by atoms with Gasteiger partial charge >= 0.3 is 6.03 Å². The van der Waals surface area contributed by atoms with E-state index in [2.05, 4.69) is 34.5 Å². The zero-order chi connectivity index (χ0) is 20.7. The molecule has 148 valence electrons. The fourth-order valence-corrected chi connectivity index (χ4v) is 4.46. The summed E-state index contributed by atoms with van der Waals surface area (Å²) in [5.74, 6) is -0.0438. The number of urea groups is 1. The zero-order valence-electron chi connectivity index (χ0n) is 16.2. The average molecular weight is 396 g/mol. The van der Waals surface area contributed by atoms with Crippen LogP contribution < -0.4 is 5.73 Å². The molecule has 1 aliphatic rings. The van der Waals surface area contributed by atoms with Crippen LogP contribution in [0.1, 0.15) is 28.3 Å². The zero-order valence-corrected chi connectivity index (χ0v) is 16.2. The molecule has 0 bridgehead atoms. The lowest BCUT2D eigenvalue weighted by Gasteiger charge is -2.24. The Balaban J connectivity index is 1.85. The molecule has 0 saturated heterocycles. The molecule has 0 atom stereocenters. The largest absolute Gasteiger partial charge is 0.493 e. The van der Waals surface area contributed by atoms with Crippen LogP contribution in [0.4, 0.5) is 10.5 Å². The first-order chi connectivity index (χ1) is 14.6. The van der Waals surface area contributed by atoms with Gasteiger partial charge in [0.1, 0.15) is 0 Å². The third kappa shape index (κ3) is 2.85. The minimum Gasteiger partial charge on any atom is -0.493 e. The number of primary amides is 1. The van der Waals surface area contributed by atoms with Gasteiger partial charge in [-0.2, -0.15) is 0 Å². The molecule has 1 aliphatic carbocycles. The number of carbonyl (C=O) groups is 1. The van der Waals surface area contributed by atoms with E-state index in [1.165, 1.54) is 11.1 Å². The van der Waals surface area contributed by atoms with Crippen LogP contribution in [0.3, 0.4) is 0 Å². The van der Waals surface area contributed by atoms with Crippen molar-refractivity contribution in [2.75, 3.05) is 0 Å². The molecule has 3 N–H and O–H groups in total. The molecule has 3 aromatic carbocycles. The molecule has 6 heteroatoms. The highest BCUT2D eigenvalue weighted by Crippen LogP contribution is 2.46. The van der Waals surface area contributed by atoms with E-state index in [0.29, 0.717) is 5.39 Å². The van der Waals surface area contributed by atoms with Crippen molar-refractivity contribution in [3.63, 3.8) is 0 Å². The SMILES string of the molecule is NC(=O)N=Nc1c(O)n(C2c3ccccc3CCc3ccccc32)c2ccccc12. The number of aromatic hydroxyl groups is 1. The fraction of sp³-hybridized carbons (Fsp3) is 0.125. The lowest BCUT2D eigenvalue weighted by Crippen LogP contribution is -2.13. The van der Waals surface area contributed by atoms with Crippen molar-refractivity contribution in [3.8, 4) is 5.88 Å². The molecule has 0 aliphatic heterocycles. The topological polar surface area (TPSA) is 93.0 Å². The van der Waals surface area contributed by atoms with Gasteiger partial charge in [0, 0.05) is 5.39 Å². The van der Waals surface area contributed by atoms with Crippen LogP contribution in [0, 0.1) is 0 Å². The number of nitrogens with zero attached hydrogens (tertiary/aromatic N) is 3. The summed E-state index contributed by atoms with van der Waals surface area (Å²) >= 11 is 0. The van der Waals surface area contributed by atoms with E-state index in [1.54, 1.807) is 0 Å². The molecule has 0 saturated carbocycles. The summed E-state index contributed by atoms with van der Waals surface area (Å²) in [6.45, 7) is 0. The normalized spacial score (nSPS) is 13.9. The van der Waals surface area contributed by atoms with Gasteiger partial charge in [0.2, 0.25) is 5.88 Å². The minimum absolute atomic E-state index is 0.0438. The molecule has 0 fully saturated rings. The van der Waals surface area contributed by atoms with Crippen LogP contribution in [0.25, 0.3) is 10.9 Å². The van der Waals surface area contributed by atoms with Gasteiger partial charge in [0.25, 0.3) is 0 Å². The summed E-state index contributed by atoms with van der Waals surface area (Å²) < 4.78 is 1.88. The van der Waals surface area contributed by atoms with Gasteiger partial charge in [-0.15, -0.1) is 5.11 Å². The Hall–Kier alpha value is -3.93. The smallest absolute Gasteiger partial charge is 0.356 e. The highest BCUT2D eigenvalue weighted by Gasteiger charge is 2.29. The number of fused-ring (bicyclic) bond motifs is 3. The van der Waals surface area contributed by atoms with Crippen LogP contribution in [0.2, 0.25) is 0 Å². The number of benzene rings is 3. The van der Waals surface area contributed by atoms with E-state index in [-0.39, 0.29) is 17.6 Å². The van der Waals surface area contributed by atoms with E-state index in [4.69, 9.17) is 5.73 Å². The van der Waals surface area contributed by atoms with Gasteiger partial charge in [-0.1, -0.05) is 71.8 Å². The van der Waals surface area contributed by atoms with E-state index in [1.807, 2.05) is 53.1 Å². The molecule has 1 aromatic heterocycles. The van der Waals surface area contributed by atoms with Gasteiger partial charge in [-0.25, -0.2) is 4.79 Å². The standard InChI is InChI=1S/C24H20N4O2/c25-24(30)27-26-21-19-11-5-6-12-20(19)28(23(21)29)22-17-9-3-1-7-15(17)13-14-16-8-2-4-10-18(16)22/h1-12,22,29H,13-14H2,(H2,25,30). The Morgan fingerprint density at radius 3 is 2.10 bits per heavy atom. The molecule has 2 amide bonds. The van der Waals surface area contributed by atoms with Gasteiger partial charge in [-0.05, 0) is 41.2 Å². The van der Waals surface area contributed by atoms with Gasteiger partial charge in [0.15, 0.2) is 5.69 Å². The Kier molecular flexibility index (Phi) is 4.32. The van der Waals surface area contributed by atoms with Crippen molar-refractivity contribution in [1.82, 2.24) is 4.57 Å². The molecule has 30 heavy (non-hydrogen) atoms. The van der Waals surface area contributed by atoms with E-state index < -0.39 is 6.03 Å². The van der Waals surface area contributed by atoms with Crippen molar-refractivity contribution in [2.45, 2.75) is 18.9 Å². The third-order valence-electron chi connectivity index (χ3n) is 5.73. The van der Waals surface area contributed by atoms with Crippen molar-refractivity contribution in [2.24, 2.45) is 16.0 Å². The molecule has 1 heterocycles.